The molecule has 1 aliphatic rings. The van der Waals surface area contributed by atoms with Crippen molar-refractivity contribution in [3.05, 3.63) is 150 Å². The minimum absolute atomic E-state index is 0.431. The maximum atomic E-state index is 6.52. The Kier molecular flexibility index (Phi) is 8.91. The molecule has 2 heterocycles. The van der Waals surface area contributed by atoms with Crippen LogP contribution in [0.25, 0.3) is 16.5 Å². The van der Waals surface area contributed by atoms with Gasteiger partial charge in [0.05, 0.1) is 22.4 Å². The van der Waals surface area contributed by atoms with Crippen LogP contribution in [0.1, 0.15) is 83.2 Å². The zero-order valence-corrected chi connectivity index (χ0v) is 28.0. The molecule has 0 bridgehead atoms. The highest BCUT2D eigenvalue weighted by atomic mass is 16.7. The summed E-state index contributed by atoms with van der Waals surface area (Å²) in [7, 11) is -0.470. The lowest BCUT2D eigenvalue weighted by molar-refractivity contribution is 0.00578. The van der Waals surface area contributed by atoms with Crippen molar-refractivity contribution in [2.45, 2.75) is 77.5 Å². The summed E-state index contributed by atoms with van der Waals surface area (Å²) in [5.74, 6) is 0. The molecule has 4 aromatic carbocycles. The molecule has 0 atom stereocenters. The fourth-order valence-corrected chi connectivity index (χ4v) is 6.48. The lowest BCUT2D eigenvalue weighted by atomic mass is 9.76. The van der Waals surface area contributed by atoms with Gasteiger partial charge < -0.3 is 9.31 Å². The molecule has 0 radical (unpaired) electrons. The van der Waals surface area contributed by atoms with Crippen LogP contribution in [-0.2, 0) is 14.8 Å². The zero-order chi connectivity index (χ0) is 32.4. The number of unbranched alkanes of at least 4 members (excludes halogenated alkanes) is 2. The van der Waals surface area contributed by atoms with E-state index in [4.69, 9.17) is 14.4 Å². The predicted octanol–water partition coefficient (Wildman–Crippen LogP) is 9.33. The lowest BCUT2D eigenvalue weighted by Crippen LogP contribution is -2.41. The number of fused-ring (bicyclic) bond motifs is 1. The second-order valence-electron chi connectivity index (χ2n) is 13.2. The summed E-state index contributed by atoms with van der Waals surface area (Å²) in [5, 5.41) is 6.66. The van der Waals surface area contributed by atoms with Gasteiger partial charge >= 0.3 is 7.12 Å². The van der Waals surface area contributed by atoms with Crippen molar-refractivity contribution in [3.8, 4) is 0 Å². The van der Waals surface area contributed by atoms with Crippen LogP contribution in [-0.4, -0.2) is 28.1 Å². The molecule has 0 spiro atoms. The van der Waals surface area contributed by atoms with Crippen LogP contribution in [0.15, 0.2) is 127 Å². The SMILES string of the molecule is C/C=C(\C=C\CCCC)c1nn(C(c2ccccc2)(c2ccccc2)c2ccccc2)c2ccc(B3OC(C)(C)C(C)(C)O3)cc12. The van der Waals surface area contributed by atoms with Crippen LogP contribution in [0.2, 0.25) is 0 Å². The minimum Gasteiger partial charge on any atom is -0.399 e. The van der Waals surface area contributed by atoms with Gasteiger partial charge in [0.15, 0.2) is 0 Å². The summed E-state index contributed by atoms with van der Waals surface area (Å²) in [6.07, 6.45) is 10.0. The molecule has 0 saturated carbocycles. The zero-order valence-electron chi connectivity index (χ0n) is 28.0. The van der Waals surface area contributed by atoms with Gasteiger partial charge in [-0.25, -0.2) is 4.68 Å². The number of nitrogens with zero attached hydrogens (tertiary/aromatic N) is 2. The van der Waals surface area contributed by atoms with Crippen molar-refractivity contribution >= 4 is 29.1 Å². The molecule has 5 heteroatoms. The third-order valence-electron chi connectivity index (χ3n) is 9.73. The Bertz CT molecular complexity index is 1730. The smallest absolute Gasteiger partial charge is 0.399 e. The van der Waals surface area contributed by atoms with Crippen molar-refractivity contribution in [2.24, 2.45) is 0 Å². The Morgan fingerprint density at radius 1 is 0.783 bits per heavy atom. The van der Waals surface area contributed by atoms with E-state index in [9.17, 15) is 0 Å². The Labute approximate surface area is 274 Å². The first kappa shape index (κ1) is 31.8. The van der Waals surface area contributed by atoms with Gasteiger partial charge in [-0.15, -0.1) is 0 Å². The molecule has 4 nitrogen and oxygen atoms in total. The van der Waals surface area contributed by atoms with E-state index in [1.54, 1.807) is 0 Å². The third kappa shape index (κ3) is 5.57. The molecular weight excluding hydrogens is 563 g/mol. The van der Waals surface area contributed by atoms with Gasteiger partial charge in [-0.3, -0.25) is 0 Å². The predicted molar refractivity (Wildman–Crippen MR) is 192 cm³/mol. The summed E-state index contributed by atoms with van der Waals surface area (Å²) in [6.45, 7) is 12.7. The van der Waals surface area contributed by atoms with Crippen molar-refractivity contribution < 1.29 is 9.31 Å². The van der Waals surface area contributed by atoms with Gasteiger partial charge in [-0.2, -0.15) is 5.10 Å². The van der Waals surface area contributed by atoms with E-state index in [-0.39, 0.29) is 0 Å². The Balaban J connectivity index is 1.67. The number of benzene rings is 4. The molecule has 46 heavy (non-hydrogen) atoms. The van der Waals surface area contributed by atoms with E-state index < -0.39 is 23.9 Å². The average molecular weight is 609 g/mol. The summed E-state index contributed by atoms with van der Waals surface area (Å²) in [4.78, 5) is 0. The van der Waals surface area contributed by atoms with Crippen molar-refractivity contribution in [1.29, 1.82) is 0 Å². The Morgan fingerprint density at radius 3 is 1.78 bits per heavy atom. The second kappa shape index (κ2) is 12.9. The van der Waals surface area contributed by atoms with Crippen LogP contribution in [0.4, 0.5) is 0 Å². The first-order chi connectivity index (χ1) is 22.2. The van der Waals surface area contributed by atoms with Gasteiger partial charge in [-0.05, 0) is 74.8 Å². The molecule has 0 aliphatic carbocycles. The third-order valence-corrected chi connectivity index (χ3v) is 9.73. The van der Waals surface area contributed by atoms with Crippen LogP contribution in [0.5, 0.6) is 0 Å². The van der Waals surface area contributed by atoms with E-state index in [0.717, 1.165) is 63.6 Å². The van der Waals surface area contributed by atoms with Gasteiger partial charge in [0.1, 0.15) is 5.54 Å². The van der Waals surface area contributed by atoms with E-state index in [1.165, 1.54) is 0 Å². The largest absolute Gasteiger partial charge is 0.494 e. The molecule has 5 aromatic rings. The second-order valence-corrected chi connectivity index (χ2v) is 13.2. The van der Waals surface area contributed by atoms with Gasteiger partial charge in [0.25, 0.3) is 0 Å². The molecule has 1 aromatic heterocycles. The van der Waals surface area contributed by atoms with Gasteiger partial charge in [-0.1, -0.05) is 141 Å². The van der Waals surface area contributed by atoms with Crippen LogP contribution >= 0.6 is 0 Å². The number of hydrogen-bond donors (Lipinski definition) is 0. The number of hydrogen-bond acceptors (Lipinski definition) is 3. The van der Waals surface area contributed by atoms with E-state index in [2.05, 4.69) is 174 Å². The molecule has 0 N–H and O–H groups in total. The van der Waals surface area contributed by atoms with Crippen molar-refractivity contribution in [1.82, 2.24) is 9.78 Å². The highest BCUT2D eigenvalue weighted by molar-refractivity contribution is 6.62. The van der Waals surface area contributed by atoms with Crippen LogP contribution in [0, 0.1) is 0 Å². The molecule has 1 aliphatic heterocycles. The molecule has 6 rings (SSSR count). The van der Waals surface area contributed by atoms with Crippen molar-refractivity contribution in [3.63, 3.8) is 0 Å². The molecule has 1 fully saturated rings. The van der Waals surface area contributed by atoms with E-state index >= 15 is 0 Å². The maximum absolute atomic E-state index is 6.52. The molecule has 0 unspecified atom stereocenters. The summed E-state index contributed by atoms with van der Waals surface area (Å²) in [5.41, 5.74) is 5.87. The summed E-state index contributed by atoms with van der Waals surface area (Å²) < 4.78 is 15.3. The Morgan fingerprint density at radius 2 is 1.30 bits per heavy atom. The number of rotatable bonds is 10. The van der Waals surface area contributed by atoms with Gasteiger partial charge in [0.2, 0.25) is 0 Å². The molecule has 1 saturated heterocycles. The molecule has 0 amide bonds. The maximum Gasteiger partial charge on any atom is 0.494 e. The lowest BCUT2D eigenvalue weighted by Gasteiger charge is -2.37. The fraction of sp³-hybridized carbons (Fsp3) is 0.293. The van der Waals surface area contributed by atoms with Crippen molar-refractivity contribution in [2.75, 3.05) is 0 Å². The summed E-state index contributed by atoms with van der Waals surface area (Å²) in [6, 6.07) is 38.8. The monoisotopic (exact) mass is 608 g/mol. The molecule has 234 valence electrons. The first-order valence-corrected chi connectivity index (χ1v) is 16.6. The average Bonchev–Trinajstić information content (AvgIpc) is 3.55. The van der Waals surface area contributed by atoms with Gasteiger partial charge in [0, 0.05) is 5.39 Å². The Hall–Kier alpha value is -4.19. The fourth-order valence-electron chi connectivity index (χ4n) is 6.48. The highest BCUT2D eigenvalue weighted by Gasteiger charge is 2.52. The van der Waals surface area contributed by atoms with E-state index in [0.29, 0.717) is 0 Å². The standard InChI is InChI=1S/C41H45BN2O2/c1-7-9-10-14-21-31(8-2)38-36-30-35(42-45-39(3,4)40(5,6)46-42)28-29-37(36)44(43-38)41(32-22-15-11-16-23-32,33-24-17-12-18-25-33)34-26-19-13-20-27-34/h8,11-30H,7,9-10H2,1-6H3/b21-14+,31-8+. The normalized spacial score (nSPS) is 16.5. The highest BCUT2D eigenvalue weighted by Crippen LogP contribution is 2.44. The first-order valence-electron chi connectivity index (χ1n) is 16.6. The van der Waals surface area contributed by atoms with E-state index in [1.807, 2.05) is 0 Å². The van der Waals surface area contributed by atoms with Crippen LogP contribution in [0.3, 0.4) is 0 Å². The minimum atomic E-state index is -0.739. The quantitative estimate of drug-likeness (QED) is 0.0686. The molecular formula is C41H45BN2O2. The number of aromatic nitrogens is 2. The van der Waals surface area contributed by atoms with Crippen LogP contribution < -0.4 is 5.46 Å². The summed E-state index contributed by atoms with van der Waals surface area (Å²) >= 11 is 0. The number of allylic oxidation sites excluding steroid dienone is 4. The topological polar surface area (TPSA) is 36.3 Å².